The predicted octanol–water partition coefficient (Wildman–Crippen LogP) is 6.60. The highest BCUT2D eigenvalue weighted by Gasteiger charge is 2.15. The van der Waals surface area contributed by atoms with Gasteiger partial charge in [0.15, 0.2) is 0 Å². The number of rotatable bonds is 4. The Hall–Kier alpha value is -2.71. The first kappa shape index (κ1) is 21.0. The molecule has 0 aliphatic rings. The number of aromatic nitrogens is 1. The smallest absolute Gasteiger partial charge is 0.266 e. The molecule has 0 unspecified atom stereocenters. The molecule has 1 heterocycles. The Morgan fingerprint density at radius 2 is 1.79 bits per heavy atom. The standard InChI is InChI=1S/C22H16Cl3N3O/c1-13-10-15(14(2)28(13)18-8-6-17(23)7-9-18)11-16(12-26)22(29)27-20-5-3-4-19(24)21(20)25/h3-11H,1-2H3,(H,27,29)/b16-11+. The van der Waals surface area contributed by atoms with Crippen molar-refractivity contribution in [3.63, 3.8) is 0 Å². The quantitative estimate of drug-likeness (QED) is 0.364. The van der Waals surface area contributed by atoms with Crippen LogP contribution in [0.1, 0.15) is 17.0 Å². The summed E-state index contributed by atoms with van der Waals surface area (Å²) in [5.74, 6) is -0.562. The van der Waals surface area contributed by atoms with Crippen LogP contribution >= 0.6 is 34.8 Å². The summed E-state index contributed by atoms with van der Waals surface area (Å²) in [6.45, 7) is 3.88. The molecule has 1 N–H and O–H groups in total. The summed E-state index contributed by atoms with van der Waals surface area (Å²) in [6, 6.07) is 16.2. The van der Waals surface area contributed by atoms with Crippen LogP contribution < -0.4 is 5.32 Å². The van der Waals surface area contributed by atoms with Crippen LogP contribution in [0, 0.1) is 25.2 Å². The maximum absolute atomic E-state index is 12.6. The number of halogens is 3. The van der Waals surface area contributed by atoms with Crippen LogP contribution in [0.15, 0.2) is 54.1 Å². The predicted molar refractivity (Wildman–Crippen MR) is 119 cm³/mol. The molecule has 1 amide bonds. The minimum atomic E-state index is -0.562. The van der Waals surface area contributed by atoms with Crippen molar-refractivity contribution >= 4 is 52.5 Å². The molecule has 0 bridgehead atoms. The molecular formula is C22H16Cl3N3O. The van der Waals surface area contributed by atoms with E-state index in [0.717, 1.165) is 22.6 Å². The molecule has 7 heteroatoms. The number of anilines is 1. The Morgan fingerprint density at radius 1 is 1.10 bits per heavy atom. The summed E-state index contributed by atoms with van der Waals surface area (Å²) in [5.41, 5.74) is 3.87. The molecule has 29 heavy (non-hydrogen) atoms. The van der Waals surface area contributed by atoms with E-state index in [1.165, 1.54) is 0 Å². The van der Waals surface area contributed by atoms with Crippen molar-refractivity contribution in [1.82, 2.24) is 4.57 Å². The van der Waals surface area contributed by atoms with Gasteiger partial charge in [-0.25, -0.2) is 0 Å². The van der Waals surface area contributed by atoms with E-state index in [9.17, 15) is 10.1 Å². The summed E-state index contributed by atoms with van der Waals surface area (Å²) in [6.07, 6.45) is 1.56. The second-order valence-corrected chi connectivity index (χ2v) is 7.59. The van der Waals surface area contributed by atoms with Gasteiger partial charge in [-0.3, -0.25) is 4.79 Å². The molecule has 3 aromatic rings. The summed E-state index contributed by atoms with van der Waals surface area (Å²) >= 11 is 18.1. The van der Waals surface area contributed by atoms with Gasteiger partial charge in [-0.05, 0) is 68.0 Å². The van der Waals surface area contributed by atoms with Gasteiger partial charge in [0.05, 0.1) is 15.7 Å². The van der Waals surface area contributed by atoms with Crippen molar-refractivity contribution in [2.75, 3.05) is 5.32 Å². The summed E-state index contributed by atoms with van der Waals surface area (Å²) < 4.78 is 2.03. The van der Waals surface area contributed by atoms with E-state index in [1.54, 1.807) is 24.3 Å². The fourth-order valence-electron chi connectivity index (χ4n) is 3.02. The van der Waals surface area contributed by atoms with Crippen molar-refractivity contribution in [1.29, 1.82) is 5.26 Å². The second kappa shape index (κ2) is 8.75. The van der Waals surface area contributed by atoms with E-state index in [0.29, 0.717) is 15.7 Å². The molecule has 4 nitrogen and oxygen atoms in total. The van der Waals surface area contributed by atoms with E-state index in [2.05, 4.69) is 5.32 Å². The van der Waals surface area contributed by atoms with Crippen LogP contribution in [-0.2, 0) is 4.79 Å². The third-order valence-corrected chi connectivity index (χ3v) is 5.49. The summed E-state index contributed by atoms with van der Waals surface area (Å²) in [7, 11) is 0. The van der Waals surface area contributed by atoms with E-state index in [4.69, 9.17) is 34.8 Å². The topological polar surface area (TPSA) is 57.8 Å². The molecule has 3 rings (SSSR count). The van der Waals surface area contributed by atoms with Crippen molar-refractivity contribution in [2.45, 2.75) is 13.8 Å². The fourth-order valence-corrected chi connectivity index (χ4v) is 3.49. The van der Waals surface area contributed by atoms with Gasteiger partial charge < -0.3 is 9.88 Å². The number of hydrogen-bond donors (Lipinski definition) is 1. The molecule has 1 aromatic heterocycles. The summed E-state index contributed by atoms with van der Waals surface area (Å²) in [4.78, 5) is 12.6. The number of nitriles is 1. The largest absolute Gasteiger partial charge is 0.320 e. The van der Waals surface area contributed by atoms with E-state index >= 15 is 0 Å². The monoisotopic (exact) mass is 443 g/mol. The SMILES string of the molecule is Cc1cc(/C=C(\C#N)C(=O)Nc2cccc(Cl)c2Cl)c(C)n1-c1ccc(Cl)cc1. The third-order valence-electron chi connectivity index (χ3n) is 4.42. The van der Waals surface area contributed by atoms with Gasteiger partial charge in [0.1, 0.15) is 11.6 Å². The van der Waals surface area contributed by atoms with Crippen LogP contribution in [0.3, 0.4) is 0 Å². The summed E-state index contributed by atoms with van der Waals surface area (Å²) in [5, 5.41) is 13.3. The highest BCUT2D eigenvalue weighted by atomic mass is 35.5. The van der Waals surface area contributed by atoms with E-state index in [1.807, 2.05) is 54.8 Å². The molecule has 0 fully saturated rings. The molecule has 0 radical (unpaired) electrons. The minimum Gasteiger partial charge on any atom is -0.320 e. The first-order chi connectivity index (χ1) is 13.8. The van der Waals surface area contributed by atoms with E-state index < -0.39 is 5.91 Å². The average Bonchev–Trinajstić information content (AvgIpc) is 2.97. The van der Waals surface area contributed by atoms with Gasteiger partial charge in [-0.2, -0.15) is 5.26 Å². The van der Waals surface area contributed by atoms with Crippen LogP contribution in [0.25, 0.3) is 11.8 Å². The molecular weight excluding hydrogens is 429 g/mol. The van der Waals surface area contributed by atoms with Crippen molar-refractivity contribution < 1.29 is 4.79 Å². The minimum absolute atomic E-state index is 0.0441. The Balaban J connectivity index is 1.94. The number of carbonyl (C=O) groups excluding carboxylic acids is 1. The first-order valence-electron chi connectivity index (χ1n) is 8.64. The number of amides is 1. The Morgan fingerprint density at radius 3 is 2.45 bits per heavy atom. The van der Waals surface area contributed by atoms with Gasteiger partial charge in [-0.1, -0.05) is 40.9 Å². The van der Waals surface area contributed by atoms with Crippen molar-refractivity contribution in [2.24, 2.45) is 0 Å². The maximum atomic E-state index is 12.6. The van der Waals surface area contributed by atoms with Crippen LogP contribution in [0.2, 0.25) is 15.1 Å². The van der Waals surface area contributed by atoms with Gasteiger partial charge in [0, 0.05) is 22.1 Å². The lowest BCUT2D eigenvalue weighted by Crippen LogP contribution is -2.13. The third kappa shape index (κ3) is 4.49. The van der Waals surface area contributed by atoms with E-state index in [-0.39, 0.29) is 10.6 Å². The number of hydrogen-bond acceptors (Lipinski definition) is 2. The molecule has 0 spiro atoms. The maximum Gasteiger partial charge on any atom is 0.266 e. The van der Waals surface area contributed by atoms with Gasteiger partial charge in [0.2, 0.25) is 0 Å². The number of carbonyl (C=O) groups is 1. The zero-order valence-electron chi connectivity index (χ0n) is 15.6. The van der Waals surface area contributed by atoms with Crippen LogP contribution in [0.5, 0.6) is 0 Å². The first-order valence-corrected chi connectivity index (χ1v) is 9.77. The Kier molecular flexibility index (Phi) is 6.34. The number of nitrogens with zero attached hydrogens (tertiary/aromatic N) is 2. The molecule has 0 aliphatic carbocycles. The molecule has 2 aromatic carbocycles. The number of benzene rings is 2. The zero-order valence-corrected chi connectivity index (χ0v) is 17.9. The normalized spacial score (nSPS) is 11.2. The van der Waals surface area contributed by atoms with Crippen LogP contribution in [0.4, 0.5) is 5.69 Å². The highest BCUT2D eigenvalue weighted by Crippen LogP contribution is 2.30. The van der Waals surface area contributed by atoms with Gasteiger partial charge >= 0.3 is 0 Å². The molecule has 0 saturated heterocycles. The Labute approximate surface area is 183 Å². The van der Waals surface area contributed by atoms with Crippen molar-refractivity contribution in [3.05, 3.63) is 86.1 Å². The van der Waals surface area contributed by atoms with Crippen LogP contribution in [-0.4, -0.2) is 10.5 Å². The second-order valence-electron chi connectivity index (χ2n) is 6.36. The fraction of sp³-hybridized carbons (Fsp3) is 0.0909. The number of aryl methyl sites for hydroxylation is 1. The number of nitrogens with one attached hydrogen (secondary N) is 1. The van der Waals surface area contributed by atoms with Gasteiger partial charge in [0.25, 0.3) is 5.91 Å². The molecule has 0 aliphatic heterocycles. The lowest BCUT2D eigenvalue weighted by molar-refractivity contribution is -0.112. The average molecular weight is 445 g/mol. The molecule has 0 saturated carbocycles. The highest BCUT2D eigenvalue weighted by molar-refractivity contribution is 6.44. The lowest BCUT2D eigenvalue weighted by Gasteiger charge is -2.10. The molecule has 0 atom stereocenters. The molecule has 146 valence electrons. The lowest BCUT2D eigenvalue weighted by atomic mass is 10.1. The van der Waals surface area contributed by atoms with Crippen molar-refractivity contribution in [3.8, 4) is 11.8 Å². The Bertz CT molecular complexity index is 1160. The zero-order chi connectivity index (χ0) is 21.1. The van der Waals surface area contributed by atoms with Gasteiger partial charge in [-0.15, -0.1) is 0 Å².